The van der Waals surface area contributed by atoms with Crippen LogP contribution in [0.4, 0.5) is 0 Å². The molecule has 1 aromatic carbocycles. The van der Waals surface area contributed by atoms with Crippen LogP contribution < -0.4 is 0 Å². The minimum Gasteiger partial charge on any atom is -0.387 e. The fourth-order valence-electron chi connectivity index (χ4n) is 4.04. The lowest BCUT2D eigenvalue weighted by molar-refractivity contribution is -0.216. The summed E-state index contributed by atoms with van der Waals surface area (Å²) in [4.78, 5) is 2.41. The van der Waals surface area contributed by atoms with Crippen LogP contribution in [0.3, 0.4) is 0 Å². The molecule has 0 spiro atoms. The summed E-state index contributed by atoms with van der Waals surface area (Å²) in [6.45, 7) is 5.44. The molecule has 0 bridgehead atoms. The van der Waals surface area contributed by atoms with Gasteiger partial charge >= 0.3 is 0 Å². The highest BCUT2D eigenvalue weighted by Gasteiger charge is 2.54. The Morgan fingerprint density at radius 1 is 1.22 bits per heavy atom. The zero-order valence-electron chi connectivity index (χ0n) is 13.7. The van der Waals surface area contributed by atoms with E-state index in [4.69, 9.17) is 14.2 Å². The summed E-state index contributed by atoms with van der Waals surface area (Å²) in [6.07, 6.45) is 0.592. The fraction of sp³-hybridized carbons (Fsp3) is 0.667. The van der Waals surface area contributed by atoms with Crippen molar-refractivity contribution in [2.75, 3.05) is 13.1 Å². The largest absolute Gasteiger partial charge is 0.387 e. The number of ether oxygens (including phenoxy) is 3. The van der Waals surface area contributed by atoms with Gasteiger partial charge in [-0.25, -0.2) is 0 Å². The van der Waals surface area contributed by atoms with Crippen LogP contribution >= 0.6 is 0 Å². The van der Waals surface area contributed by atoms with Crippen molar-refractivity contribution in [2.24, 2.45) is 0 Å². The number of benzene rings is 1. The molecule has 4 rings (SSSR count). The van der Waals surface area contributed by atoms with Crippen molar-refractivity contribution in [3.63, 3.8) is 0 Å². The summed E-state index contributed by atoms with van der Waals surface area (Å²) in [5.74, 6) is -0.679. The van der Waals surface area contributed by atoms with Gasteiger partial charge in [-0.05, 0) is 38.8 Å². The Morgan fingerprint density at radius 3 is 2.74 bits per heavy atom. The molecule has 126 valence electrons. The Morgan fingerprint density at radius 2 is 2.00 bits per heavy atom. The van der Waals surface area contributed by atoms with E-state index in [9.17, 15) is 5.11 Å². The monoisotopic (exact) mass is 319 g/mol. The summed E-state index contributed by atoms with van der Waals surface area (Å²) in [5, 5.41) is 10.6. The van der Waals surface area contributed by atoms with Gasteiger partial charge in [-0.1, -0.05) is 30.3 Å². The lowest BCUT2D eigenvalue weighted by Gasteiger charge is -2.30. The lowest BCUT2D eigenvalue weighted by atomic mass is 10.0. The van der Waals surface area contributed by atoms with Crippen LogP contribution in [0.5, 0.6) is 0 Å². The molecule has 0 aromatic heterocycles. The zero-order chi connectivity index (χ0) is 16.0. The van der Waals surface area contributed by atoms with Crippen molar-refractivity contribution in [1.29, 1.82) is 0 Å². The first-order chi connectivity index (χ1) is 11.0. The Kier molecular flexibility index (Phi) is 3.94. The van der Waals surface area contributed by atoms with Gasteiger partial charge in [0.15, 0.2) is 12.1 Å². The molecule has 3 saturated heterocycles. The second kappa shape index (κ2) is 5.83. The van der Waals surface area contributed by atoms with Gasteiger partial charge in [0.2, 0.25) is 0 Å². The number of likely N-dealkylation sites (tertiary alicyclic amines) is 1. The number of nitrogens with zero attached hydrogens (tertiary/aromatic N) is 1. The molecule has 5 heteroatoms. The van der Waals surface area contributed by atoms with Gasteiger partial charge in [-0.15, -0.1) is 0 Å². The first kappa shape index (κ1) is 15.5. The fourth-order valence-corrected chi connectivity index (χ4v) is 4.04. The SMILES string of the molecule is CC1(C)O[C@H]2O[C@H](CN3CCC[C@@H]3c3ccccc3)[C@@H](O)[C@@H]2O1. The van der Waals surface area contributed by atoms with E-state index in [0.29, 0.717) is 12.6 Å². The van der Waals surface area contributed by atoms with E-state index in [1.54, 1.807) is 0 Å². The van der Waals surface area contributed by atoms with Gasteiger partial charge < -0.3 is 19.3 Å². The Balaban J connectivity index is 1.43. The normalized spacial score (nSPS) is 39.7. The van der Waals surface area contributed by atoms with Crippen LogP contribution in [-0.4, -0.2) is 53.5 Å². The number of hydrogen-bond donors (Lipinski definition) is 1. The molecular formula is C18H25NO4. The van der Waals surface area contributed by atoms with Crippen LogP contribution in [0.2, 0.25) is 0 Å². The molecule has 0 saturated carbocycles. The average Bonchev–Trinajstić information content (AvgIpc) is 3.17. The Hall–Kier alpha value is -0.980. The third kappa shape index (κ3) is 2.92. The second-order valence-corrected chi connectivity index (χ2v) is 7.20. The predicted molar refractivity (Wildman–Crippen MR) is 84.7 cm³/mol. The molecule has 23 heavy (non-hydrogen) atoms. The number of aliphatic hydroxyl groups is 1. The highest BCUT2D eigenvalue weighted by molar-refractivity contribution is 5.20. The molecule has 0 unspecified atom stereocenters. The minimum atomic E-state index is -0.679. The molecule has 3 heterocycles. The first-order valence-corrected chi connectivity index (χ1v) is 8.52. The topological polar surface area (TPSA) is 51.2 Å². The Labute approximate surface area is 137 Å². The first-order valence-electron chi connectivity index (χ1n) is 8.52. The highest BCUT2D eigenvalue weighted by Crippen LogP contribution is 2.39. The van der Waals surface area contributed by atoms with E-state index in [-0.39, 0.29) is 12.2 Å². The third-order valence-corrected chi connectivity index (χ3v) is 5.08. The second-order valence-electron chi connectivity index (χ2n) is 7.20. The molecule has 1 N–H and O–H groups in total. The third-order valence-electron chi connectivity index (χ3n) is 5.08. The van der Waals surface area contributed by atoms with Crippen molar-refractivity contribution in [1.82, 2.24) is 4.90 Å². The molecular weight excluding hydrogens is 294 g/mol. The van der Waals surface area contributed by atoms with Gasteiger partial charge in [0.25, 0.3) is 0 Å². The maximum absolute atomic E-state index is 10.6. The van der Waals surface area contributed by atoms with Crippen molar-refractivity contribution >= 4 is 0 Å². The van der Waals surface area contributed by atoms with Crippen molar-refractivity contribution in [3.8, 4) is 0 Å². The number of aliphatic hydroxyl groups excluding tert-OH is 1. The van der Waals surface area contributed by atoms with E-state index >= 15 is 0 Å². The molecule has 3 aliphatic rings. The lowest BCUT2D eigenvalue weighted by Crippen LogP contribution is -2.41. The van der Waals surface area contributed by atoms with E-state index in [0.717, 1.165) is 13.0 Å². The van der Waals surface area contributed by atoms with E-state index < -0.39 is 18.2 Å². The smallest absolute Gasteiger partial charge is 0.190 e. The molecule has 5 nitrogen and oxygen atoms in total. The molecule has 0 aliphatic carbocycles. The van der Waals surface area contributed by atoms with Gasteiger partial charge in [0.1, 0.15) is 18.3 Å². The summed E-state index contributed by atoms with van der Waals surface area (Å²) in [7, 11) is 0. The van der Waals surface area contributed by atoms with Crippen LogP contribution in [0.15, 0.2) is 30.3 Å². The van der Waals surface area contributed by atoms with Crippen molar-refractivity contribution in [2.45, 2.75) is 63.1 Å². The van der Waals surface area contributed by atoms with Crippen molar-refractivity contribution in [3.05, 3.63) is 35.9 Å². The van der Waals surface area contributed by atoms with E-state index in [1.165, 1.54) is 12.0 Å². The van der Waals surface area contributed by atoms with E-state index in [1.807, 2.05) is 19.9 Å². The summed E-state index contributed by atoms with van der Waals surface area (Å²) < 4.78 is 17.4. The van der Waals surface area contributed by atoms with Crippen molar-refractivity contribution < 1.29 is 19.3 Å². The van der Waals surface area contributed by atoms with Gasteiger partial charge in [0.05, 0.1) is 0 Å². The van der Waals surface area contributed by atoms with Crippen LogP contribution in [0.1, 0.15) is 38.3 Å². The maximum Gasteiger partial charge on any atom is 0.190 e. The summed E-state index contributed by atoms with van der Waals surface area (Å²) >= 11 is 0. The summed E-state index contributed by atoms with van der Waals surface area (Å²) in [6, 6.07) is 11.0. The molecule has 1 aromatic rings. The maximum atomic E-state index is 10.6. The molecule has 0 amide bonds. The van der Waals surface area contributed by atoms with Gasteiger partial charge in [-0.3, -0.25) is 4.90 Å². The van der Waals surface area contributed by atoms with E-state index in [2.05, 4.69) is 29.2 Å². The molecule has 0 radical (unpaired) electrons. The molecule has 5 atom stereocenters. The van der Waals surface area contributed by atoms with Crippen LogP contribution in [0, 0.1) is 0 Å². The number of fused-ring (bicyclic) bond motifs is 1. The van der Waals surface area contributed by atoms with Gasteiger partial charge in [-0.2, -0.15) is 0 Å². The summed E-state index contributed by atoms with van der Waals surface area (Å²) in [5.41, 5.74) is 1.34. The van der Waals surface area contributed by atoms with Crippen LogP contribution in [0.25, 0.3) is 0 Å². The average molecular weight is 319 g/mol. The Bertz CT molecular complexity index is 549. The predicted octanol–water partition coefficient (Wildman–Crippen LogP) is 2.06. The highest BCUT2D eigenvalue weighted by atomic mass is 16.8. The standard InChI is InChI=1S/C18H25NO4/c1-18(2)22-16-15(20)14(21-17(16)23-18)11-19-10-6-9-13(19)12-7-4-3-5-8-12/h3-5,7-8,13-17,20H,6,9-11H2,1-2H3/t13-,14-,15-,16+,17-/m1/s1. The number of hydrogen-bond acceptors (Lipinski definition) is 5. The molecule has 3 fully saturated rings. The van der Waals surface area contributed by atoms with Crippen LogP contribution in [-0.2, 0) is 14.2 Å². The number of rotatable bonds is 3. The minimum absolute atomic E-state index is 0.259. The zero-order valence-corrected chi connectivity index (χ0v) is 13.7. The quantitative estimate of drug-likeness (QED) is 0.924. The van der Waals surface area contributed by atoms with Gasteiger partial charge in [0, 0.05) is 12.6 Å². The molecule has 3 aliphatic heterocycles.